The second-order valence-corrected chi connectivity index (χ2v) is 5.26. The van der Waals surface area contributed by atoms with Gasteiger partial charge in [0.15, 0.2) is 11.3 Å². The fraction of sp³-hybridized carbons (Fsp3) is 0.154. The molecule has 106 valence electrons. The quantitative estimate of drug-likeness (QED) is 0.689. The lowest BCUT2D eigenvalue weighted by Gasteiger charge is -2.10. The number of aromatic nitrogens is 3. The first-order valence-electron chi connectivity index (χ1n) is 5.83. The Morgan fingerprint density at radius 3 is 2.71 bits per heavy atom. The topological polar surface area (TPSA) is 54.0 Å². The summed E-state index contributed by atoms with van der Waals surface area (Å²) in [6, 6.07) is 6.22. The largest absolute Gasteiger partial charge is 0.433 e. The number of fused-ring (bicyclic) bond motifs is 1. The molecule has 0 saturated carbocycles. The number of rotatable bonds is 1. The molecule has 0 spiro atoms. The Morgan fingerprint density at radius 1 is 1.38 bits per heavy atom. The number of thiophene rings is 1. The van der Waals surface area contributed by atoms with Crippen LogP contribution in [0.3, 0.4) is 0 Å². The van der Waals surface area contributed by atoms with E-state index < -0.39 is 11.9 Å². The van der Waals surface area contributed by atoms with Crippen LogP contribution in [-0.4, -0.2) is 14.6 Å². The van der Waals surface area contributed by atoms with Gasteiger partial charge >= 0.3 is 6.18 Å². The lowest BCUT2D eigenvalue weighted by atomic mass is 10.2. The number of aryl methyl sites for hydroxylation is 1. The minimum Gasteiger partial charge on any atom is -0.226 e. The molecule has 0 unspecified atom stereocenters. The smallest absolute Gasteiger partial charge is 0.226 e. The molecule has 0 bridgehead atoms. The van der Waals surface area contributed by atoms with Crippen molar-refractivity contribution in [2.75, 3.05) is 0 Å². The molecular weight excluding hydrogens is 301 g/mol. The summed E-state index contributed by atoms with van der Waals surface area (Å²) in [6.45, 7) is 1.48. The Labute approximate surface area is 121 Å². The number of nitriles is 1. The van der Waals surface area contributed by atoms with Gasteiger partial charge in [-0.25, -0.2) is 9.50 Å². The van der Waals surface area contributed by atoms with Crippen LogP contribution in [0, 0.1) is 18.3 Å². The van der Waals surface area contributed by atoms with Crippen molar-refractivity contribution in [3.8, 4) is 16.6 Å². The fourth-order valence-corrected chi connectivity index (χ4v) is 2.69. The molecule has 0 N–H and O–H groups in total. The van der Waals surface area contributed by atoms with Crippen molar-refractivity contribution in [2.24, 2.45) is 0 Å². The Kier molecular flexibility index (Phi) is 2.95. The molecule has 4 nitrogen and oxygen atoms in total. The molecule has 0 aromatic carbocycles. The minimum atomic E-state index is -4.58. The number of halogens is 3. The van der Waals surface area contributed by atoms with E-state index in [1.807, 2.05) is 6.07 Å². The summed E-state index contributed by atoms with van der Waals surface area (Å²) in [5, 5.41) is 14.6. The third-order valence-electron chi connectivity index (χ3n) is 2.94. The molecule has 8 heteroatoms. The van der Waals surface area contributed by atoms with E-state index in [1.54, 1.807) is 17.5 Å². The van der Waals surface area contributed by atoms with Crippen LogP contribution in [0.5, 0.6) is 0 Å². The summed E-state index contributed by atoms with van der Waals surface area (Å²) in [6.07, 6.45) is -4.58. The zero-order valence-electron chi connectivity index (χ0n) is 10.6. The normalized spacial score (nSPS) is 11.8. The van der Waals surface area contributed by atoms with Crippen LogP contribution in [0.4, 0.5) is 13.2 Å². The fourth-order valence-electron chi connectivity index (χ4n) is 2.01. The van der Waals surface area contributed by atoms with Gasteiger partial charge in [-0.05, 0) is 24.4 Å². The van der Waals surface area contributed by atoms with Crippen molar-refractivity contribution < 1.29 is 13.2 Å². The van der Waals surface area contributed by atoms with E-state index in [4.69, 9.17) is 5.26 Å². The van der Waals surface area contributed by atoms with E-state index in [9.17, 15) is 13.2 Å². The summed E-state index contributed by atoms with van der Waals surface area (Å²) < 4.78 is 40.3. The maximum atomic E-state index is 13.2. The zero-order chi connectivity index (χ0) is 15.2. The molecule has 0 radical (unpaired) electrons. The zero-order valence-corrected chi connectivity index (χ0v) is 11.5. The summed E-state index contributed by atoms with van der Waals surface area (Å²) in [4.78, 5) is 4.77. The molecule has 0 atom stereocenters. The number of alkyl halides is 3. The molecule has 0 amide bonds. The average molecular weight is 308 g/mol. The van der Waals surface area contributed by atoms with Gasteiger partial charge in [-0.2, -0.15) is 23.5 Å². The number of hydrogen-bond acceptors (Lipinski definition) is 4. The third kappa shape index (κ3) is 2.15. The highest BCUT2D eigenvalue weighted by atomic mass is 32.1. The van der Waals surface area contributed by atoms with Crippen LogP contribution in [0.15, 0.2) is 23.6 Å². The van der Waals surface area contributed by atoms with Gasteiger partial charge in [0.1, 0.15) is 11.6 Å². The number of nitrogens with zero attached hydrogens (tertiary/aromatic N) is 4. The van der Waals surface area contributed by atoms with Crippen molar-refractivity contribution in [3.63, 3.8) is 0 Å². The van der Waals surface area contributed by atoms with Crippen LogP contribution in [-0.2, 0) is 6.18 Å². The lowest BCUT2D eigenvalue weighted by Crippen LogP contribution is -2.13. The average Bonchev–Trinajstić information content (AvgIpc) is 3.02. The first kappa shape index (κ1) is 13.6. The first-order valence-corrected chi connectivity index (χ1v) is 6.71. The van der Waals surface area contributed by atoms with E-state index >= 15 is 0 Å². The minimum absolute atomic E-state index is 0.0545. The Bertz CT molecular complexity index is 856. The molecule has 3 rings (SSSR count). The van der Waals surface area contributed by atoms with Crippen LogP contribution >= 0.6 is 11.3 Å². The standard InChI is InChI=1S/C13H7F3N4S/c1-7-8(6-17)12-18-9(10-3-2-4-21-10)5-11(13(14,15)16)20(12)19-7/h2-5H,1H3. The summed E-state index contributed by atoms with van der Waals surface area (Å²) in [5.41, 5.74) is -0.562. The molecular formula is C13H7F3N4S. The van der Waals surface area contributed by atoms with Crippen LogP contribution in [0.1, 0.15) is 17.0 Å². The van der Waals surface area contributed by atoms with Gasteiger partial charge in [0.05, 0.1) is 16.3 Å². The first-order chi connectivity index (χ1) is 9.91. The molecule has 3 aromatic heterocycles. The highest BCUT2D eigenvalue weighted by Crippen LogP contribution is 2.34. The Morgan fingerprint density at radius 2 is 2.14 bits per heavy atom. The molecule has 3 aromatic rings. The molecule has 21 heavy (non-hydrogen) atoms. The maximum Gasteiger partial charge on any atom is 0.433 e. The van der Waals surface area contributed by atoms with Crippen molar-refractivity contribution in [1.29, 1.82) is 5.26 Å². The molecule has 0 fully saturated rings. The van der Waals surface area contributed by atoms with Crippen LogP contribution in [0.2, 0.25) is 0 Å². The highest BCUT2D eigenvalue weighted by molar-refractivity contribution is 7.13. The SMILES string of the molecule is Cc1nn2c(C(F)(F)F)cc(-c3cccs3)nc2c1C#N. The second-order valence-electron chi connectivity index (χ2n) is 4.31. The Hall–Kier alpha value is -2.40. The molecule has 0 aliphatic heterocycles. The van der Waals surface area contributed by atoms with Crippen molar-refractivity contribution in [2.45, 2.75) is 13.1 Å². The predicted molar refractivity (Wildman–Crippen MR) is 70.8 cm³/mol. The molecule has 0 saturated heterocycles. The maximum absolute atomic E-state index is 13.2. The van der Waals surface area contributed by atoms with Crippen LogP contribution < -0.4 is 0 Å². The van der Waals surface area contributed by atoms with E-state index in [0.717, 1.165) is 6.07 Å². The lowest BCUT2D eigenvalue weighted by molar-refractivity contribution is -0.142. The van der Waals surface area contributed by atoms with Crippen molar-refractivity contribution >= 4 is 17.0 Å². The monoisotopic (exact) mass is 308 g/mol. The van der Waals surface area contributed by atoms with Gasteiger partial charge in [0.25, 0.3) is 0 Å². The third-order valence-corrected chi connectivity index (χ3v) is 3.83. The van der Waals surface area contributed by atoms with Crippen molar-refractivity contribution in [1.82, 2.24) is 14.6 Å². The van der Waals surface area contributed by atoms with Gasteiger partial charge in [-0.1, -0.05) is 6.07 Å². The second kappa shape index (κ2) is 4.56. The predicted octanol–water partition coefficient (Wildman–Crippen LogP) is 3.66. The van der Waals surface area contributed by atoms with E-state index in [-0.39, 0.29) is 22.6 Å². The summed E-state index contributed by atoms with van der Waals surface area (Å²) in [5.74, 6) is 0. The molecule has 3 heterocycles. The van der Waals surface area contributed by atoms with Gasteiger partial charge < -0.3 is 0 Å². The van der Waals surface area contributed by atoms with Crippen LogP contribution in [0.25, 0.3) is 16.2 Å². The van der Waals surface area contributed by atoms with E-state index in [0.29, 0.717) is 9.39 Å². The molecule has 0 aliphatic rings. The molecule has 0 aliphatic carbocycles. The van der Waals surface area contributed by atoms with E-state index in [2.05, 4.69) is 10.1 Å². The van der Waals surface area contributed by atoms with Gasteiger partial charge in [0.2, 0.25) is 0 Å². The van der Waals surface area contributed by atoms with Crippen molar-refractivity contribution in [3.05, 3.63) is 40.5 Å². The number of hydrogen-bond donors (Lipinski definition) is 0. The Balaban J connectivity index is 2.42. The highest BCUT2D eigenvalue weighted by Gasteiger charge is 2.36. The van der Waals surface area contributed by atoms with Gasteiger partial charge in [0, 0.05) is 0 Å². The van der Waals surface area contributed by atoms with Gasteiger partial charge in [-0.15, -0.1) is 11.3 Å². The van der Waals surface area contributed by atoms with Gasteiger partial charge in [-0.3, -0.25) is 0 Å². The summed E-state index contributed by atoms with van der Waals surface area (Å²) >= 11 is 1.28. The van der Waals surface area contributed by atoms with E-state index in [1.165, 1.54) is 18.3 Å². The summed E-state index contributed by atoms with van der Waals surface area (Å²) in [7, 11) is 0.